The van der Waals surface area contributed by atoms with Gasteiger partial charge in [0.2, 0.25) is 0 Å². The number of hydrogen-bond donors (Lipinski definition) is 1. The second-order valence-corrected chi connectivity index (χ2v) is 3.74. The summed E-state index contributed by atoms with van der Waals surface area (Å²) in [6, 6.07) is 0.149. The molecule has 0 radical (unpaired) electrons. The Morgan fingerprint density at radius 3 is 2.60 bits per heavy atom. The molecule has 0 aliphatic heterocycles. The van der Waals surface area contributed by atoms with E-state index in [0.717, 1.165) is 30.8 Å². The summed E-state index contributed by atoms with van der Waals surface area (Å²) in [7, 11) is 0. The average Bonchev–Trinajstić information content (AvgIpc) is 2.20. The SMILES string of the molecule is CCCOCc1ncc(CC(C)N)cn1. The quantitative estimate of drug-likeness (QED) is 0.717. The molecule has 0 bridgehead atoms. The fourth-order valence-electron chi connectivity index (χ4n) is 1.24. The van der Waals surface area contributed by atoms with Gasteiger partial charge in [0.1, 0.15) is 6.61 Å². The van der Waals surface area contributed by atoms with Gasteiger partial charge in [0.05, 0.1) is 0 Å². The average molecular weight is 209 g/mol. The highest BCUT2D eigenvalue weighted by molar-refractivity contribution is 5.06. The maximum Gasteiger partial charge on any atom is 0.153 e. The Morgan fingerprint density at radius 1 is 1.40 bits per heavy atom. The first-order chi connectivity index (χ1) is 7.22. The standard InChI is InChI=1S/C11H19N3O/c1-3-4-15-8-11-13-6-10(7-14-11)5-9(2)12/h6-7,9H,3-5,8,12H2,1-2H3. The smallest absolute Gasteiger partial charge is 0.153 e. The molecular weight excluding hydrogens is 190 g/mol. The summed E-state index contributed by atoms with van der Waals surface area (Å²) in [5.74, 6) is 0.733. The van der Waals surface area contributed by atoms with Gasteiger partial charge in [-0.1, -0.05) is 6.92 Å². The minimum absolute atomic E-state index is 0.149. The molecule has 1 rings (SSSR count). The van der Waals surface area contributed by atoms with E-state index in [-0.39, 0.29) is 6.04 Å². The zero-order valence-electron chi connectivity index (χ0n) is 9.44. The van der Waals surface area contributed by atoms with Gasteiger partial charge in [-0.15, -0.1) is 0 Å². The summed E-state index contributed by atoms with van der Waals surface area (Å²) in [6.07, 6.45) is 5.47. The lowest BCUT2D eigenvalue weighted by Crippen LogP contribution is -2.18. The van der Waals surface area contributed by atoms with Gasteiger partial charge in [-0.3, -0.25) is 0 Å². The number of nitrogens with two attached hydrogens (primary N) is 1. The third-order valence-electron chi connectivity index (χ3n) is 1.90. The first-order valence-corrected chi connectivity index (χ1v) is 5.35. The molecule has 84 valence electrons. The molecule has 0 fully saturated rings. The van der Waals surface area contributed by atoms with Crippen molar-refractivity contribution in [2.75, 3.05) is 6.61 Å². The Labute approximate surface area is 90.9 Å². The molecule has 0 amide bonds. The molecule has 4 nitrogen and oxygen atoms in total. The zero-order chi connectivity index (χ0) is 11.1. The lowest BCUT2D eigenvalue weighted by atomic mass is 10.1. The van der Waals surface area contributed by atoms with Crippen LogP contribution in [0.3, 0.4) is 0 Å². The molecule has 1 heterocycles. The van der Waals surface area contributed by atoms with Gasteiger partial charge in [-0.25, -0.2) is 9.97 Å². The molecule has 0 aliphatic carbocycles. The maximum absolute atomic E-state index is 5.68. The molecular formula is C11H19N3O. The molecule has 1 aromatic heterocycles. The third-order valence-corrected chi connectivity index (χ3v) is 1.90. The minimum Gasteiger partial charge on any atom is -0.373 e. The summed E-state index contributed by atoms with van der Waals surface area (Å²) in [5.41, 5.74) is 6.75. The number of rotatable bonds is 6. The third kappa shape index (κ3) is 4.85. The summed E-state index contributed by atoms with van der Waals surface area (Å²) in [6.45, 7) is 5.29. The van der Waals surface area contributed by atoms with E-state index >= 15 is 0 Å². The Bertz CT molecular complexity index is 272. The van der Waals surface area contributed by atoms with E-state index in [1.807, 2.05) is 19.3 Å². The van der Waals surface area contributed by atoms with Gasteiger partial charge in [0.25, 0.3) is 0 Å². The molecule has 1 unspecified atom stereocenters. The molecule has 15 heavy (non-hydrogen) atoms. The van der Waals surface area contributed by atoms with E-state index in [2.05, 4.69) is 16.9 Å². The Hall–Kier alpha value is -1.00. The number of ether oxygens (including phenoxy) is 1. The molecule has 0 saturated carbocycles. The van der Waals surface area contributed by atoms with Crippen molar-refractivity contribution in [2.45, 2.75) is 39.3 Å². The predicted molar refractivity (Wildman–Crippen MR) is 59.3 cm³/mol. The highest BCUT2D eigenvalue weighted by atomic mass is 16.5. The largest absolute Gasteiger partial charge is 0.373 e. The Kier molecular flexibility index (Phi) is 5.21. The lowest BCUT2D eigenvalue weighted by Gasteiger charge is -2.05. The van der Waals surface area contributed by atoms with E-state index in [0.29, 0.717) is 6.61 Å². The highest BCUT2D eigenvalue weighted by Crippen LogP contribution is 2.00. The van der Waals surface area contributed by atoms with Gasteiger partial charge < -0.3 is 10.5 Å². The second kappa shape index (κ2) is 6.48. The van der Waals surface area contributed by atoms with Crippen LogP contribution in [0.15, 0.2) is 12.4 Å². The molecule has 1 aromatic rings. The van der Waals surface area contributed by atoms with Crippen LogP contribution >= 0.6 is 0 Å². The molecule has 0 saturated heterocycles. The normalized spacial score (nSPS) is 12.7. The molecule has 0 spiro atoms. The van der Waals surface area contributed by atoms with Crippen molar-refractivity contribution in [3.63, 3.8) is 0 Å². The lowest BCUT2D eigenvalue weighted by molar-refractivity contribution is 0.116. The number of nitrogens with zero attached hydrogens (tertiary/aromatic N) is 2. The fraction of sp³-hybridized carbons (Fsp3) is 0.636. The second-order valence-electron chi connectivity index (χ2n) is 3.74. The zero-order valence-corrected chi connectivity index (χ0v) is 9.44. The van der Waals surface area contributed by atoms with Gasteiger partial charge in [-0.2, -0.15) is 0 Å². The van der Waals surface area contributed by atoms with Crippen molar-refractivity contribution < 1.29 is 4.74 Å². The molecule has 0 aliphatic rings. The van der Waals surface area contributed by atoms with Crippen molar-refractivity contribution in [1.82, 2.24) is 9.97 Å². The Morgan fingerprint density at radius 2 is 2.07 bits per heavy atom. The predicted octanol–water partition coefficient (Wildman–Crippen LogP) is 1.29. The molecule has 2 N–H and O–H groups in total. The van der Waals surface area contributed by atoms with Gasteiger partial charge >= 0.3 is 0 Å². The van der Waals surface area contributed by atoms with Crippen molar-refractivity contribution >= 4 is 0 Å². The number of aromatic nitrogens is 2. The molecule has 4 heteroatoms. The highest BCUT2D eigenvalue weighted by Gasteiger charge is 2.00. The summed E-state index contributed by atoms with van der Waals surface area (Å²) < 4.78 is 5.34. The van der Waals surface area contributed by atoms with E-state index in [9.17, 15) is 0 Å². The van der Waals surface area contributed by atoms with Crippen LogP contribution in [0.5, 0.6) is 0 Å². The van der Waals surface area contributed by atoms with E-state index in [1.54, 1.807) is 0 Å². The summed E-state index contributed by atoms with van der Waals surface area (Å²) >= 11 is 0. The number of hydrogen-bond acceptors (Lipinski definition) is 4. The van der Waals surface area contributed by atoms with Crippen LogP contribution in [0.1, 0.15) is 31.7 Å². The van der Waals surface area contributed by atoms with Crippen molar-refractivity contribution in [1.29, 1.82) is 0 Å². The van der Waals surface area contributed by atoms with Crippen LogP contribution in [0.25, 0.3) is 0 Å². The van der Waals surface area contributed by atoms with E-state index in [1.165, 1.54) is 0 Å². The minimum atomic E-state index is 0.149. The van der Waals surface area contributed by atoms with Crippen LogP contribution in [0.2, 0.25) is 0 Å². The van der Waals surface area contributed by atoms with Crippen LogP contribution in [-0.4, -0.2) is 22.6 Å². The van der Waals surface area contributed by atoms with E-state index < -0.39 is 0 Å². The fourth-order valence-corrected chi connectivity index (χ4v) is 1.24. The molecule has 1 atom stereocenters. The summed E-state index contributed by atoms with van der Waals surface area (Å²) in [5, 5.41) is 0. The Balaban J connectivity index is 2.42. The maximum atomic E-state index is 5.68. The molecule has 0 aromatic carbocycles. The summed E-state index contributed by atoms with van der Waals surface area (Å²) in [4.78, 5) is 8.42. The van der Waals surface area contributed by atoms with Crippen molar-refractivity contribution in [2.24, 2.45) is 5.73 Å². The van der Waals surface area contributed by atoms with E-state index in [4.69, 9.17) is 10.5 Å². The van der Waals surface area contributed by atoms with Crippen LogP contribution in [0, 0.1) is 0 Å². The van der Waals surface area contributed by atoms with Crippen LogP contribution in [-0.2, 0) is 17.8 Å². The monoisotopic (exact) mass is 209 g/mol. The topological polar surface area (TPSA) is 61.0 Å². The van der Waals surface area contributed by atoms with Crippen molar-refractivity contribution in [3.05, 3.63) is 23.8 Å². The van der Waals surface area contributed by atoms with Crippen LogP contribution < -0.4 is 5.73 Å². The van der Waals surface area contributed by atoms with Gasteiger partial charge in [0.15, 0.2) is 5.82 Å². The van der Waals surface area contributed by atoms with Crippen LogP contribution in [0.4, 0.5) is 0 Å². The first-order valence-electron chi connectivity index (χ1n) is 5.35. The first kappa shape index (κ1) is 12.1. The van der Waals surface area contributed by atoms with Gasteiger partial charge in [0, 0.05) is 25.0 Å². The van der Waals surface area contributed by atoms with Crippen molar-refractivity contribution in [3.8, 4) is 0 Å². The van der Waals surface area contributed by atoms with Gasteiger partial charge in [-0.05, 0) is 25.3 Å².